The van der Waals surface area contributed by atoms with Crippen LogP contribution in [0, 0.1) is 5.92 Å². The summed E-state index contributed by atoms with van der Waals surface area (Å²) in [6, 6.07) is -0.0756. The zero-order chi connectivity index (χ0) is 15.1. The molecule has 1 fully saturated rings. The third-order valence-corrected chi connectivity index (χ3v) is 3.31. The molecule has 0 saturated carbocycles. The number of carboxylic acid groups (broad SMARTS) is 1. The van der Waals surface area contributed by atoms with Crippen LogP contribution >= 0.6 is 0 Å². The van der Waals surface area contributed by atoms with E-state index in [9.17, 15) is 14.4 Å². The van der Waals surface area contributed by atoms with E-state index in [-0.39, 0.29) is 24.3 Å². The van der Waals surface area contributed by atoms with Gasteiger partial charge in [-0.15, -0.1) is 0 Å². The van der Waals surface area contributed by atoms with Crippen LogP contribution in [-0.4, -0.2) is 66.5 Å². The molecule has 1 aliphatic heterocycles. The zero-order valence-corrected chi connectivity index (χ0v) is 12.1. The molecular weight excluding hydrogens is 262 g/mol. The molecule has 1 saturated heterocycles. The minimum absolute atomic E-state index is 0.0518. The minimum Gasteiger partial charge on any atom is -0.481 e. The van der Waals surface area contributed by atoms with Crippen molar-refractivity contribution in [1.29, 1.82) is 0 Å². The van der Waals surface area contributed by atoms with Crippen molar-refractivity contribution < 1.29 is 19.5 Å². The van der Waals surface area contributed by atoms with Crippen LogP contribution in [0.4, 0.5) is 4.79 Å². The first kappa shape index (κ1) is 16.3. The molecule has 0 aliphatic carbocycles. The van der Waals surface area contributed by atoms with Gasteiger partial charge in [-0.1, -0.05) is 0 Å². The monoisotopic (exact) mass is 285 g/mol. The second-order valence-corrected chi connectivity index (χ2v) is 5.25. The number of nitrogens with one attached hydrogen (secondary N) is 1. The van der Waals surface area contributed by atoms with Gasteiger partial charge in [-0.3, -0.25) is 9.59 Å². The standard InChI is InChI=1S/C13H23N3O4/c1-15(2)13(20)16-8-4-5-10(9-16)12(19)14-7-3-6-11(17)18/h10H,3-9H2,1-2H3,(H,14,19)(H,17,18). The molecule has 7 nitrogen and oxygen atoms in total. The minimum atomic E-state index is -0.861. The molecule has 0 spiro atoms. The van der Waals surface area contributed by atoms with Gasteiger partial charge >= 0.3 is 12.0 Å². The van der Waals surface area contributed by atoms with Crippen molar-refractivity contribution in [2.45, 2.75) is 25.7 Å². The second-order valence-electron chi connectivity index (χ2n) is 5.25. The van der Waals surface area contributed by atoms with Gasteiger partial charge in [0.1, 0.15) is 0 Å². The Morgan fingerprint density at radius 2 is 2.05 bits per heavy atom. The van der Waals surface area contributed by atoms with Crippen molar-refractivity contribution in [3.63, 3.8) is 0 Å². The second kappa shape index (κ2) is 7.72. The van der Waals surface area contributed by atoms with Crippen molar-refractivity contribution in [2.75, 3.05) is 33.7 Å². The van der Waals surface area contributed by atoms with E-state index in [1.807, 2.05) is 0 Å². The Morgan fingerprint density at radius 3 is 2.65 bits per heavy atom. The van der Waals surface area contributed by atoms with Crippen LogP contribution in [0.2, 0.25) is 0 Å². The molecule has 1 unspecified atom stereocenters. The van der Waals surface area contributed by atoms with E-state index < -0.39 is 5.97 Å². The van der Waals surface area contributed by atoms with E-state index in [0.717, 1.165) is 12.8 Å². The highest BCUT2D eigenvalue weighted by molar-refractivity contribution is 5.80. The molecule has 0 aromatic carbocycles. The third-order valence-electron chi connectivity index (χ3n) is 3.31. The molecule has 0 radical (unpaired) electrons. The average molecular weight is 285 g/mol. The molecule has 1 aliphatic rings. The average Bonchev–Trinajstić information content (AvgIpc) is 2.42. The molecule has 1 heterocycles. The van der Waals surface area contributed by atoms with Crippen molar-refractivity contribution >= 4 is 17.9 Å². The normalized spacial score (nSPS) is 18.5. The lowest BCUT2D eigenvalue weighted by Crippen LogP contribution is -2.48. The first-order valence-corrected chi connectivity index (χ1v) is 6.87. The fraction of sp³-hybridized carbons (Fsp3) is 0.769. The molecule has 1 atom stereocenters. The van der Waals surface area contributed by atoms with Gasteiger partial charge < -0.3 is 20.2 Å². The van der Waals surface area contributed by atoms with Crippen LogP contribution in [0.15, 0.2) is 0 Å². The molecule has 0 aromatic rings. The summed E-state index contributed by atoms with van der Waals surface area (Å²) in [7, 11) is 3.38. The first-order chi connectivity index (χ1) is 9.41. The Hall–Kier alpha value is -1.79. The number of urea groups is 1. The fourth-order valence-corrected chi connectivity index (χ4v) is 2.24. The van der Waals surface area contributed by atoms with Gasteiger partial charge in [-0.05, 0) is 19.3 Å². The van der Waals surface area contributed by atoms with Crippen molar-refractivity contribution in [1.82, 2.24) is 15.1 Å². The molecular formula is C13H23N3O4. The summed E-state index contributed by atoms with van der Waals surface area (Å²) in [6.45, 7) is 1.48. The number of carbonyl (C=O) groups excluding carboxylic acids is 2. The van der Waals surface area contributed by atoms with Crippen LogP contribution in [0.3, 0.4) is 0 Å². The van der Waals surface area contributed by atoms with Gasteiger partial charge in [0.2, 0.25) is 5.91 Å². The molecule has 20 heavy (non-hydrogen) atoms. The maximum absolute atomic E-state index is 12.0. The van der Waals surface area contributed by atoms with E-state index in [1.165, 1.54) is 4.90 Å². The lowest BCUT2D eigenvalue weighted by atomic mass is 9.97. The number of hydrogen-bond acceptors (Lipinski definition) is 3. The highest BCUT2D eigenvalue weighted by Crippen LogP contribution is 2.17. The van der Waals surface area contributed by atoms with Crippen LogP contribution in [0.25, 0.3) is 0 Å². The van der Waals surface area contributed by atoms with E-state index >= 15 is 0 Å². The highest BCUT2D eigenvalue weighted by Gasteiger charge is 2.28. The molecule has 7 heteroatoms. The molecule has 2 N–H and O–H groups in total. The smallest absolute Gasteiger partial charge is 0.319 e. The van der Waals surface area contributed by atoms with Gasteiger partial charge in [0.05, 0.1) is 5.92 Å². The van der Waals surface area contributed by atoms with Crippen LogP contribution in [0.1, 0.15) is 25.7 Å². The van der Waals surface area contributed by atoms with Gasteiger partial charge in [-0.25, -0.2) is 4.79 Å². The van der Waals surface area contributed by atoms with E-state index in [2.05, 4.69) is 5.32 Å². The Morgan fingerprint density at radius 1 is 1.35 bits per heavy atom. The Bertz CT molecular complexity index is 371. The summed E-state index contributed by atoms with van der Waals surface area (Å²) in [5, 5.41) is 11.3. The third kappa shape index (κ3) is 5.07. The quantitative estimate of drug-likeness (QED) is 0.714. The summed E-state index contributed by atoms with van der Waals surface area (Å²) in [5.41, 5.74) is 0. The maximum Gasteiger partial charge on any atom is 0.319 e. The predicted octanol–water partition coefficient (Wildman–Crippen LogP) is 0.361. The maximum atomic E-state index is 12.0. The molecule has 0 bridgehead atoms. The van der Waals surface area contributed by atoms with Gasteiger partial charge in [0, 0.05) is 40.2 Å². The highest BCUT2D eigenvalue weighted by atomic mass is 16.4. The predicted molar refractivity (Wildman–Crippen MR) is 73.3 cm³/mol. The lowest BCUT2D eigenvalue weighted by Gasteiger charge is -2.33. The summed E-state index contributed by atoms with van der Waals surface area (Å²) >= 11 is 0. The number of hydrogen-bond donors (Lipinski definition) is 2. The molecule has 1 rings (SSSR count). The summed E-state index contributed by atoms with van der Waals surface area (Å²) < 4.78 is 0. The van der Waals surface area contributed by atoms with E-state index in [0.29, 0.717) is 26.1 Å². The first-order valence-electron chi connectivity index (χ1n) is 6.87. The van der Waals surface area contributed by atoms with Gasteiger partial charge in [-0.2, -0.15) is 0 Å². The number of piperidine rings is 1. The van der Waals surface area contributed by atoms with E-state index in [1.54, 1.807) is 19.0 Å². The number of amides is 3. The number of likely N-dealkylation sites (tertiary alicyclic amines) is 1. The number of carboxylic acids is 1. The van der Waals surface area contributed by atoms with Crippen molar-refractivity contribution in [3.8, 4) is 0 Å². The van der Waals surface area contributed by atoms with Crippen molar-refractivity contribution in [2.24, 2.45) is 5.92 Å². The Kier molecular flexibility index (Phi) is 6.27. The molecule has 114 valence electrons. The zero-order valence-electron chi connectivity index (χ0n) is 12.1. The molecule has 3 amide bonds. The summed E-state index contributed by atoms with van der Waals surface area (Å²) in [5.74, 6) is -1.15. The molecule has 0 aromatic heterocycles. The SMILES string of the molecule is CN(C)C(=O)N1CCCC(C(=O)NCCCC(=O)O)C1. The topological polar surface area (TPSA) is 90.0 Å². The van der Waals surface area contributed by atoms with E-state index in [4.69, 9.17) is 5.11 Å². The van der Waals surface area contributed by atoms with Crippen LogP contribution in [0.5, 0.6) is 0 Å². The van der Waals surface area contributed by atoms with Gasteiger partial charge in [0.15, 0.2) is 0 Å². The Balaban J connectivity index is 2.36. The number of rotatable bonds is 5. The van der Waals surface area contributed by atoms with Gasteiger partial charge in [0.25, 0.3) is 0 Å². The summed E-state index contributed by atoms with van der Waals surface area (Å²) in [6.07, 6.45) is 2.05. The summed E-state index contributed by atoms with van der Waals surface area (Å²) in [4.78, 5) is 37.4. The number of carbonyl (C=O) groups is 3. The lowest BCUT2D eigenvalue weighted by molar-refractivity contribution is -0.137. The number of aliphatic carboxylic acids is 1. The Labute approximate surface area is 118 Å². The largest absolute Gasteiger partial charge is 0.481 e. The fourth-order valence-electron chi connectivity index (χ4n) is 2.24. The van der Waals surface area contributed by atoms with Crippen LogP contribution in [-0.2, 0) is 9.59 Å². The van der Waals surface area contributed by atoms with Crippen LogP contribution < -0.4 is 5.32 Å². The number of nitrogens with zero attached hydrogens (tertiary/aromatic N) is 2. The van der Waals surface area contributed by atoms with Crippen molar-refractivity contribution in [3.05, 3.63) is 0 Å².